The third-order valence-corrected chi connectivity index (χ3v) is 6.01. The average molecular weight is 407 g/mol. The lowest BCUT2D eigenvalue weighted by atomic mass is 10.0. The third kappa shape index (κ3) is 3.63. The Labute approximate surface area is 165 Å². The number of aliphatic hydroxyl groups is 1. The largest absolute Gasteiger partial charge is 0.477 e. The second-order valence-corrected chi connectivity index (χ2v) is 7.57. The van der Waals surface area contributed by atoms with E-state index in [0.29, 0.717) is 22.5 Å². The second kappa shape index (κ2) is 8.31. The second-order valence-electron chi connectivity index (χ2n) is 6.46. The quantitative estimate of drug-likeness (QED) is 0.446. The zero-order valence-electron chi connectivity index (χ0n) is 15.1. The van der Waals surface area contributed by atoms with Gasteiger partial charge in [-0.3, -0.25) is 14.5 Å². The standard InChI is InChI=1S/C18H21N3O6S/c1-27-7-11-8-28-17-13(16(24)21(17)14(11)18(25)26)20-15(23)12(19)10-4-2-9(6-22)3-5-10/h2-5,12-13,17,22H,6-8,19H2,1H3,(H,20,23)(H,25,26)/t12?,13?,17-/m0/s1. The fourth-order valence-electron chi connectivity index (χ4n) is 3.19. The molecule has 10 heteroatoms. The number of thioether (sulfide) groups is 1. The van der Waals surface area contributed by atoms with Crippen molar-refractivity contribution in [2.75, 3.05) is 19.5 Å². The minimum atomic E-state index is -1.20. The molecule has 9 nitrogen and oxygen atoms in total. The summed E-state index contributed by atoms with van der Waals surface area (Å²) in [5.74, 6) is -1.82. The molecular formula is C18H21N3O6S. The number of carbonyl (C=O) groups is 3. The Bertz CT molecular complexity index is 825. The number of aliphatic hydroxyl groups excluding tert-OH is 1. The summed E-state index contributed by atoms with van der Waals surface area (Å²) in [4.78, 5) is 37.8. The van der Waals surface area contributed by atoms with Gasteiger partial charge in [-0.2, -0.15) is 0 Å². The molecule has 2 aliphatic rings. The van der Waals surface area contributed by atoms with Crippen LogP contribution < -0.4 is 11.1 Å². The number of hydrogen-bond acceptors (Lipinski definition) is 7. The Morgan fingerprint density at radius 2 is 2.07 bits per heavy atom. The number of carboxylic acid groups (broad SMARTS) is 1. The van der Waals surface area contributed by atoms with Crippen molar-refractivity contribution in [3.63, 3.8) is 0 Å². The highest BCUT2D eigenvalue weighted by atomic mass is 32.2. The maximum Gasteiger partial charge on any atom is 0.352 e. The number of nitrogens with one attached hydrogen (secondary N) is 1. The molecule has 150 valence electrons. The molecule has 28 heavy (non-hydrogen) atoms. The summed E-state index contributed by atoms with van der Waals surface area (Å²) in [6.45, 7) is 0.00832. The van der Waals surface area contributed by atoms with Crippen molar-refractivity contribution in [3.8, 4) is 0 Å². The number of nitrogens with zero attached hydrogens (tertiary/aromatic N) is 1. The van der Waals surface area contributed by atoms with E-state index in [2.05, 4.69) is 5.32 Å². The van der Waals surface area contributed by atoms with Crippen LogP contribution in [0.2, 0.25) is 0 Å². The SMILES string of the molecule is COCC1=C(C(=O)O)N2C(=O)C(NC(=O)C(N)c3ccc(CO)cc3)[C@@H]2SC1. The summed E-state index contributed by atoms with van der Waals surface area (Å²) in [5, 5.41) is 20.7. The predicted octanol–water partition coefficient (Wildman–Crippen LogP) is -0.436. The first-order valence-electron chi connectivity index (χ1n) is 8.53. The van der Waals surface area contributed by atoms with Crippen molar-refractivity contribution in [1.29, 1.82) is 0 Å². The predicted molar refractivity (Wildman–Crippen MR) is 101 cm³/mol. The molecule has 2 amide bonds. The highest BCUT2D eigenvalue weighted by Gasteiger charge is 2.54. The monoisotopic (exact) mass is 407 g/mol. The molecule has 0 aromatic heterocycles. The number of nitrogens with two attached hydrogens (primary N) is 1. The van der Waals surface area contributed by atoms with Crippen molar-refractivity contribution in [3.05, 3.63) is 46.7 Å². The fraction of sp³-hybridized carbons (Fsp3) is 0.389. The molecule has 0 bridgehead atoms. The molecule has 1 aromatic rings. The number of ether oxygens (including phenoxy) is 1. The minimum Gasteiger partial charge on any atom is -0.477 e. The van der Waals surface area contributed by atoms with Gasteiger partial charge in [0.05, 0.1) is 13.2 Å². The van der Waals surface area contributed by atoms with E-state index in [4.69, 9.17) is 15.6 Å². The van der Waals surface area contributed by atoms with Crippen LogP contribution in [0.25, 0.3) is 0 Å². The molecule has 5 N–H and O–H groups in total. The first kappa shape index (κ1) is 20.3. The van der Waals surface area contributed by atoms with Crippen LogP contribution in [0.15, 0.2) is 35.5 Å². The van der Waals surface area contributed by atoms with Crippen LogP contribution in [0.3, 0.4) is 0 Å². The van der Waals surface area contributed by atoms with E-state index in [1.807, 2.05) is 0 Å². The molecule has 0 spiro atoms. The van der Waals surface area contributed by atoms with E-state index >= 15 is 0 Å². The van der Waals surface area contributed by atoms with E-state index in [1.54, 1.807) is 24.3 Å². The topological polar surface area (TPSA) is 142 Å². The number of carboxylic acids is 1. The van der Waals surface area contributed by atoms with Gasteiger partial charge < -0.3 is 26.0 Å². The fourth-order valence-corrected chi connectivity index (χ4v) is 4.52. The van der Waals surface area contributed by atoms with Crippen molar-refractivity contribution < 1.29 is 29.3 Å². The van der Waals surface area contributed by atoms with Crippen LogP contribution in [-0.4, -0.2) is 63.8 Å². The molecule has 3 rings (SSSR count). The molecule has 0 saturated carbocycles. The Morgan fingerprint density at radius 1 is 1.39 bits per heavy atom. The van der Waals surface area contributed by atoms with Crippen LogP contribution in [-0.2, 0) is 25.7 Å². The van der Waals surface area contributed by atoms with Crippen molar-refractivity contribution in [2.24, 2.45) is 5.73 Å². The van der Waals surface area contributed by atoms with Gasteiger partial charge in [0.1, 0.15) is 23.2 Å². The minimum absolute atomic E-state index is 0.0787. The van der Waals surface area contributed by atoms with Crippen molar-refractivity contribution >= 4 is 29.5 Å². The van der Waals surface area contributed by atoms with E-state index in [-0.39, 0.29) is 18.9 Å². The lowest BCUT2D eigenvalue weighted by Gasteiger charge is -2.49. The molecule has 0 radical (unpaired) electrons. The van der Waals surface area contributed by atoms with Crippen LogP contribution in [0.1, 0.15) is 17.2 Å². The van der Waals surface area contributed by atoms with Gasteiger partial charge >= 0.3 is 5.97 Å². The average Bonchev–Trinajstić information content (AvgIpc) is 2.70. The third-order valence-electron chi connectivity index (χ3n) is 4.67. The maximum absolute atomic E-state index is 12.5. The number of benzene rings is 1. The van der Waals surface area contributed by atoms with E-state index in [9.17, 15) is 19.5 Å². The van der Waals surface area contributed by atoms with Gasteiger partial charge in [-0.05, 0) is 16.7 Å². The van der Waals surface area contributed by atoms with Gasteiger partial charge in [-0.1, -0.05) is 24.3 Å². The number of hydrogen-bond donors (Lipinski definition) is 4. The Balaban J connectivity index is 1.70. The summed E-state index contributed by atoms with van der Waals surface area (Å²) in [5.41, 5.74) is 7.66. The molecule has 2 aliphatic heterocycles. The van der Waals surface area contributed by atoms with Crippen LogP contribution >= 0.6 is 11.8 Å². The molecule has 3 atom stereocenters. The molecule has 0 aliphatic carbocycles. The molecule has 2 unspecified atom stereocenters. The molecular weight excluding hydrogens is 386 g/mol. The van der Waals surface area contributed by atoms with Crippen molar-refractivity contribution in [1.82, 2.24) is 10.2 Å². The number of β-lactam (4-membered cyclic amide) rings is 1. The lowest BCUT2D eigenvalue weighted by Crippen LogP contribution is -2.71. The number of carbonyl (C=O) groups excluding carboxylic acids is 2. The summed E-state index contributed by atoms with van der Waals surface area (Å²) >= 11 is 1.37. The van der Waals surface area contributed by atoms with Gasteiger partial charge in [0, 0.05) is 12.9 Å². The molecule has 1 saturated heterocycles. The zero-order valence-corrected chi connectivity index (χ0v) is 15.9. The Kier molecular flexibility index (Phi) is 6.04. The maximum atomic E-state index is 12.5. The number of rotatable bonds is 7. The number of amides is 2. The zero-order chi connectivity index (χ0) is 20.4. The van der Waals surface area contributed by atoms with E-state index in [0.717, 1.165) is 0 Å². The highest BCUT2D eigenvalue weighted by Crippen LogP contribution is 2.40. The molecule has 2 heterocycles. The summed E-state index contributed by atoms with van der Waals surface area (Å²) in [6.07, 6.45) is 0. The summed E-state index contributed by atoms with van der Waals surface area (Å²) < 4.78 is 5.02. The van der Waals surface area contributed by atoms with E-state index < -0.39 is 35.2 Å². The Hall–Kier alpha value is -2.40. The van der Waals surface area contributed by atoms with Crippen molar-refractivity contribution in [2.45, 2.75) is 24.1 Å². The van der Waals surface area contributed by atoms with E-state index in [1.165, 1.54) is 23.8 Å². The van der Waals surface area contributed by atoms with Gasteiger partial charge in [0.15, 0.2) is 0 Å². The first-order valence-corrected chi connectivity index (χ1v) is 9.58. The van der Waals surface area contributed by atoms with Crippen LogP contribution in [0, 0.1) is 0 Å². The smallest absolute Gasteiger partial charge is 0.352 e. The number of aliphatic carboxylic acids is 1. The van der Waals surface area contributed by atoms with Crippen LogP contribution in [0.4, 0.5) is 0 Å². The summed E-state index contributed by atoms with van der Waals surface area (Å²) in [6, 6.07) is 4.79. The Morgan fingerprint density at radius 3 is 2.64 bits per heavy atom. The normalized spacial score (nSPS) is 22.4. The van der Waals surface area contributed by atoms with Gasteiger partial charge in [-0.15, -0.1) is 11.8 Å². The van der Waals surface area contributed by atoms with Crippen LogP contribution in [0.5, 0.6) is 0 Å². The first-order chi connectivity index (χ1) is 13.4. The highest BCUT2D eigenvalue weighted by molar-refractivity contribution is 8.00. The van der Waals surface area contributed by atoms with Gasteiger partial charge in [0.25, 0.3) is 5.91 Å². The summed E-state index contributed by atoms with van der Waals surface area (Å²) in [7, 11) is 1.46. The number of fused-ring (bicyclic) bond motifs is 1. The number of methoxy groups -OCH3 is 1. The van der Waals surface area contributed by atoms with Gasteiger partial charge in [0.2, 0.25) is 5.91 Å². The molecule has 1 fully saturated rings. The lowest BCUT2D eigenvalue weighted by molar-refractivity contribution is -0.151. The molecule has 1 aromatic carbocycles. The van der Waals surface area contributed by atoms with Gasteiger partial charge in [-0.25, -0.2) is 4.79 Å².